The summed E-state index contributed by atoms with van der Waals surface area (Å²) in [5, 5.41) is 4.50. The minimum absolute atomic E-state index is 0.180. The van der Waals surface area contributed by atoms with Gasteiger partial charge in [0.15, 0.2) is 5.82 Å². The average molecular weight is 319 g/mol. The number of anilines is 1. The molecule has 3 aromatic rings. The highest BCUT2D eigenvalue weighted by Gasteiger charge is 2.22. The SMILES string of the molecule is Cc1nc(-c2cccc(N3CCCC3=O)c2)n(-c2ccncc2)n1. The van der Waals surface area contributed by atoms with Crippen LogP contribution >= 0.6 is 0 Å². The second kappa shape index (κ2) is 5.88. The first kappa shape index (κ1) is 14.6. The Morgan fingerprint density at radius 3 is 2.67 bits per heavy atom. The van der Waals surface area contributed by atoms with E-state index >= 15 is 0 Å². The van der Waals surface area contributed by atoms with Crippen molar-refractivity contribution in [2.24, 2.45) is 0 Å². The second-order valence-corrected chi connectivity index (χ2v) is 5.80. The lowest BCUT2D eigenvalue weighted by atomic mass is 10.1. The Kier molecular flexibility index (Phi) is 3.57. The van der Waals surface area contributed by atoms with Crippen LogP contribution in [0.2, 0.25) is 0 Å². The van der Waals surface area contributed by atoms with Gasteiger partial charge in [0.05, 0.1) is 5.69 Å². The number of hydrogen-bond acceptors (Lipinski definition) is 4. The van der Waals surface area contributed by atoms with Crippen molar-refractivity contribution < 1.29 is 4.79 Å². The first-order valence-electron chi connectivity index (χ1n) is 7.97. The third kappa shape index (κ3) is 2.56. The summed E-state index contributed by atoms with van der Waals surface area (Å²) in [6, 6.07) is 11.7. The molecule has 0 aliphatic carbocycles. The largest absolute Gasteiger partial charge is 0.312 e. The molecule has 6 nitrogen and oxygen atoms in total. The highest BCUT2D eigenvalue weighted by molar-refractivity contribution is 5.95. The molecule has 1 saturated heterocycles. The van der Waals surface area contributed by atoms with E-state index in [9.17, 15) is 4.79 Å². The van der Waals surface area contributed by atoms with Gasteiger partial charge in [-0.3, -0.25) is 9.78 Å². The van der Waals surface area contributed by atoms with Crippen molar-refractivity contribution in [2.75, 3.05) is 11.4 Å². The summed E-state index contributed by atoms with van der Waals surface area (Å²) in [6.07, 6.45) is 5.00. The Morgan fingerprint density at radius 1 is 1.08 bits per heavy atom. The molecular formula is C18H17N5O. The molecule has 0 saturated carbocycles. The third-order valence-electron chi connectivity index (χ3n) is 4.11. The first-order valence-corrected chi connectivity index (χ1v) is 7.97. The molecule has 120 valence electrons. The Labute approximate surface area is 139 Å². The maximum absolute atomic E-state index is 12.0. The molecule has 3 heterocycles. The van der Waals surface area contributed by atoms with E-state index in [1.165, 1.54) is 0 Å². The summed E-state index contributed by atoms with van der Waals surface area (Å²) in [6.45, 7) is 2.65. The van der Waals surface area contributed by atoms with Gasteiger partial charge >= 0.3 is 0 Å². The van der Waals surface area contributed by atoms with E-state index in [-0.39, 0.29) is 5.91 Å². The Morgan fingerprint density at radius 2 is 1.92 bits per heavy atom. The number of aryl methyl sites for hydroxylation is 1. The van der Waals surface area contributed by atoms with E-state index < -0.39 is 0 Å². The van der Waals surface area contributed by atoms with Crippen LogP contribution in [0.1, 0.15) is 18.7 Å². The molecule has 24 heavy (non-hydrogen) atoms. The maximum Gasteiger partial charge on any atom is 0.227 e. The van der Waals surface area contributed by atoms with Crippen molar-refractivity contribution in [3.05, 3.63) is 54.6 Å². The van der Waals surface area contributed by atoms with Crippen molar-refractivity contribution in [1.82, 2.24) is 19.7 Å². The van der Waals surface area contributed by atoms with Crippen LogP contribution in [0.25, 0.3) is 17.1 Å². The number of nitrogens with zero attached hydrogens (tertiary/aromatic N) is 5. The van der Waals surface area contributed by atoms with E-state index in [2.05, 4.69) is 15.1 Å². The molecule has 0 radical (unpaired) electrons. The molecule has 0 bridgehead atoms. The maximum atomic E-state index is 12.0. The Balaban J connectivity index is 1.79. The van der Waals surface area contributed by atoms with Crippen molar-refractivity contribution in [1.29, 1.82) is 0 Å². The second-order valence-electron chi connectivity index (χ2n) is 5.80. The smallest absolute Gasteiger partial charge is 0.227 e. The molecular weight excluding hydrogens is 302 g/mol. The Hall–Kier alpha value is -3.02. The predicted octanol–water partition coefficient (Wildman–Crippen LogP) is 2.76. The molecule has 0 N–H and O–H groups in total. The van der Waals surface area contributed by atoms with Crippen LogP contribution in [0.3, 0.4) is 0 Å². The van der Waals surface area contributed by atoms with Crippen molar-refractivity contribution >= 4 is 11.6 Å². The third-order valence-corrected chi connectivity index (χ3v) is 4.11. The van der Waals surface area contributed by atoms with Crippen LogP contribution in [0.5, 0.6) is 0 Å². The van der Waals surface area contributed by atoms with Crippen molar-refractivity contribution in [2.45, 2.75) is 19.8 Å². The van der Waals surface area contributed by atoms with E-state index in [1.807, 2.05) is 52.9 Å². The van der Waals surface area contributed by atoms with E-state index in [0.29, 0.717) is 12.2 Å². The summed E-state index contributed by atoms with van der Waals surface area (Å²) in [4.78, 5) is 22.5. The quantitative estimate of drug-likeness (QED) is 0.744. The van der Waals surface area contributed by atoms with Crippen LogP contribution in [0.15, 0.2) is 48.8 Å². The average Bonchev–Trinajstić information content (AvgIpc) is 3.21. The number of aromatic nitrogens is 4. The van der Waals surface area contributed by atoms with Gasteiger partial charge in [-0.25, -0.2) is 9.67 Å². The lowest BCUT2D eigenvalue weighted by Crippen LogP contribution is -2.23. The summed E-state index contributed by atoms with van der Waals surface area (Å²) >= 11 is 0. The Bertz CT molecular complexity index is 887. The molecule has 4 rings (SSSR count). The summed E-state index contributed by atoms with van der Waals surface area (Å²) in [5.41, 5.74) is 2.75. The fourth-order valence-electron chi connectivity index (χ4n) is 3.00. The molecule has 1 aliphatic rings. The number of carbonyl (C=O) groups excluding carboxylic acids is 1. The summed E-state index contributed by atoms with van der Waals surface area (Å²) in [5.74, 6) is 1.63. The number of pyridine rings is 1. The molecule has 6 heteroatoms. The zero-order valence-electron chi connectivity index (χ0n) is 13.4. The lowest BCUT2D eigenvalue weighted by molar-refractivity contribution is -0.117. The van der Waals surface area contributed by atoms with Gasteiger partial charge in [0.1, 0.15) is 5.82 Å². The van der Waals surface area contributed by atoms with Gasteiger partial charge in [-0.1, -0.05) is 12.1 Å². The van der Waals surface area contributed by atoms with Crippen LogP contribution in [0.4, 0.5) is 5.69 Å². The van der Waals surface area contributed by atoms with E-state index in [4.69, 9.17) is 0 Å². The predicted molar refractivity (Wildman–Crippen MR) is 90.9 cm³/mol. The van der Waals surface area contributed by atoms with Gasteiger partial charge in [0, 0.05) is 36.6 Å². The van der Waals surface area contributed by atoms with Crippen LogP contribution in [0, 0.1) is 6.92 Å². The standard InChI is InChI=1S/C18H17N5O/c1-13-20-18(23(21-13)15-7-9-19-10-8-15)14-4-2-5-16(12-14)22-11-3-6-17(22)24/h2,4-5,7-10,12H,3,6,11H2,1H3. The van der Waals surface area contributed by atoms with E-state index in [0.717, 1.165) is 35.7 Å². The molecule has 1 aliphatic heterocycles. The van der Waals surface area contributed by atoms with Crippen LogP contribution < -0.4 is 4.90 Å². The minimum Gasteiger partial charge on any atom is -0.312 e. The van der Waals surface area contributed by atoms with E-state index in [1.54, 1.807) is 12.4 Å². The number of carbonyl (C=O) groups is 1. The molecule has 1 amide bonds. The molecule has 1 fully saturated rings. The fourth-order valence-corrected chi connectivity index (χ4v) is 3.00. The minimum atomic E-state index is 0.180. The van der Waals surface area contributed by atoms with Crippen LogP contribution in [-0.4, -0.2) is 32.2 Å². The number of rotatable bonds is 3. The van der Waals surface area contributed by atoms with Gasteiger partial charge in [-0.15, -0.1) is 0 Å². The van der Waals surface area contributed by atoms with Gasteiger partial charge in [-0.2, -0.15) is 5.10 Å². The topological polar surface area (TPSA) is 63.9 Å². The molecule has 0 spiro atoms. The molecule has 2 aromatic heterocycles. The number of amides is 1. The molecule has 0 atom stereocenters. The fraction of sp³-hybridized carbons (Fsp3) is 0.222. The zero-order valence-corrected chi connectivity index (χ0v) is 13.4. The molecule has 0 unspecified atom stereocenters. The normalized spacial score (nSPS) is 14.4. The first-order chi connectivity index (χ1) is 11.7. The van der Waals surface area contributed by atoms with Gasteiger partial charge in [-0.05, 0) is 37.6 Å². The highest BCUT2D eigenvalue weighted by Crippen LogP contribution is 2.27. The zero-order chi connectivity index (χ0) is 16.5. The number of benzene rings is 1. The summed E-state index contributed by atoms with van der Waals surface area (Å²) in [7, 11) is 0. The van der Waals surface area contributed by atoms with Crippen LogP contribution in [-0.2, 0) is 4.79 Å². The van der Waals surface area contributed by atoms with Crippen molar-refractivity contribution in [3.8, 4) is 17.1 Å². The lowest BCUT2D eigenvalue weighted by Gasteiger charge is -2.16. The van der Waals surface area contributed by atoms with Crippen molar-refractivity contribution in [3.63, 3.8) is 0 Å². The van der Waals surface area contributed by atoms with Gasteiger partial charge in [0.2, 0.25) is 5.91 Å². The monoisotopic (exact) mass is 319 g/mol. The molecule has 1 aromatic carbocycles. The van der Waals surface area contributed by atoms with Gasteiger partial charge < -0.3 is 4.90 Å². The summed E-state index contributed by atoms with van der Waals surface area (Å²) < 4.78 is 1.81. The highest BCUT2D eigenvalue weighted by atomic mass is 16.2. The number of hydrogen-bond donors (Lipinski definition) is 0. The van der Waals surface area contributed by atoms with Gasteiger partial charge in [0.25, 0.3) is 0 Å².